The Morgan fingerprint density at radius 1 is 1.16 bits per heavy atom. The molecule has 1 heterocycles. The number of nitrogens with two attached hydrogens (primary N) is 1. The van der Waals surface area contributed by atoms with Gasteiger partial charge in [0.25, 0.3) is 0 Å². The Labute approximate surface area is 116 Å². The summed E-state index contributed by atoms with van der Waals surface area (Å²) in [6, 6.07) is 0.452. The molecule has 2 rings (SSSR count). The monoisotopic (exact) mass is 268 g/mol. The molecule has 3 atom stereocenters. The first kappa shape index (κ1) is 14.8. The Bertz CT molecular complexity index is 296. The molecular formula is C15H28N2O2. The lowest BCUT2D eigenvalue weighted by Gasteiger charge is -2.42. The highest BCUT2D eigenvalue weighted by atomic mass is 16.5. The quantitative estimate of drug-likeness (QED) is 0.627. The average Bonchev–Trinajstić information content (AvgIpc) is 2.71. The minimum atomic E-state index is -0.0558. The molecule has 0 spiro atoms. The van der Waals surface area contributed by atoms with E-state index in [1.807, 2.05) is 0 Å². The van der Waals surface area contributed by atoms with E-state index in [4.69, 9.17) is 10.5 Å². The summed E-state index contributed by atoms with van der Waals surface area (Å²) in [5.41, 5.74) is 5.98. The number of rotatable bonds is 3. The minimum absolute atomic E-state index is 0.0316. The molecule has 3 unspecified atom stereocenters. The van der Waals surface area contributed by atoms with Crippen LogP contribution in [0.15, 0.2) is 0 Å². The fourth-order valence-electron chi connectivity index (χ4n) is 3.82. The molecule has 0 amide bonds. The summed E-state index contributed by atoms with van der Waals surface area (Å²) >= 11 is 0. The van der Waals surface area contributed by atoms with Gasteiger partial charge >= 0.3 is 5.97 Å². The summed E-state index contributed by atoms with van der Waals surface area (Å²) in [6.07, 6.45) is 9.54. The first-order valence-electron chi connectivity index (χ1n) is 7.81. The molecule has 110 valence electrons. The van der Waals surface area contributed by atoms with Crippen molar-refractivity contribution in [1.82, 2.24) is 4.90 Å². The summed E-state index contributed by atoms with van der Waals surface area (Å²) in [6.45, 7) is 1.77. The number of carbonyl (C=O) groups excluding carboxylic acids is 1. The van der Waals surface area contributed by atoms with E-state index < -0.39 is 0 Å². The molecule has 2 aliphatic rings. The van der Waals surface area contributed by atoms with Crippen molar-refractivity contribution in [2.75, 3.05) is 20.2 Å². The molecule has 0 aromatic carbocycles. The van der Waals surface area contributed by atoms with E-state index in [1.54, 1.807) is 0 Å². The first-order chi connectivity index (χ1) is 9.27. The van der Waals surface area contributed by atoms with E-state index in [2.05, 4.69) is 4.90 Å². The van der Waals surface area contributed by atoms with Crippen molar-refractivity contribution in [3.63, 3.8) is 0 Å². The fraction of sp³-hybridized carbons (Fsp3) is 0.933. The molecular weight excluding hydrogens is 240 g/mol. The molecule has 0 radical (unpaired) electrons. The molecule has 0 bridgehead atoms. The number of carbonyl (C=O) groups is 1. The zero-order chi connectivity index (χ0) is 13.7. The number of ether oxygens (including phenoxy) is 1. The average molecular weight is 268 g/mol. The molecule has 2 N–H and O–H groups in total. The summed E-state index contributed by atoms with van der Waals surface area (Å²) in [5, 5.41) is 0. The van der Waals surface area contributed by atoms with Crippen LogP contribution in [0.1, 0.15) is 51.4 Å². The predicted molar refractivity (Wildman–Crippen MR) is 75.8 cm³/mol. The standard InChI is InChI=1S/C15H28N2O2/c1-19-15(18)14-9-5-6-10-17(14)13-8-4-2-3-7-12(13)11-16/h12-14H,2-11,16H2,1H3. The third-order valence-corrected chi connectivity index (χ3v) is 4.87. The van der Waals surface area contributed by atoms with Gasteiger partial charge in [-0.25, -0.2) is 0 Å². The van der Waals surface area contributed by atoms with Crippen LogP contribution in [0, 0.1) is 5.92 Å². The lowest BCUT2D eigenvalue weighted by Crippen LogP contribution is -2.53. The topological polar surface area (TPSA) is 55.6 Å². The van der Waals surface area contributed by atoms with Gasteiger partial charge in [-0.15, -0.1) is 0 Å². The van der Waals surface area contributed by atoms with Crippen molar-refractivity contribution in [2.24, 2.45) is 11.7 Å². The van der Waals surface area contributed by atoms with E-state index in [-0.39, 0.29) is 12.0 Å². The highest BCUT2D eigenvalue weighted by Gasteiger charge is 2.37. The number of nitrogens with zero attached hydrogens (tertiary/aromatic N) is 1. The molecule has 4 nitrogen and oxygen atoms in total. The Morgan fingerprint density at radius 3 is 2.63 bits per heavy atom. The van der Waals surface area contributed by atoms with Gasteiger partial charge in [-0.3, -0.25) is 9.69 Å². The molecule has 1 saturated carbocycles. The van der Waals surface area contributed by atoms with Gasteiger partial charge in [-0.05, 0) is 44.7 Å². The van der Waals surface area contributed by atoms with Crippen LogP contribution in [0.2, 0.25) is 0 Å². The van der Waals surface area contributed by atoms with Crippen LogP contribution in [-0.2, 0) is 9.53 Å². The molecule has 0 aromatic heterocycles. The highest BCUT2D eigenvalue weighted by Crippen LogP contribution is 2.31. The van der Waals surface area contributed by atoms with Crippen LogP contribution >= 0.6 is 0 Å². The maximum atomic E-state index is 12.0. The van der Waals surface area contributed by atoms with Crippen LogP contribution < -0.4 is 5.73 Å². The Balaban J connectivity index is 2.12. The molecule has 2 fully saturated rings. The van der Waals surface area contributed by atoms with Gasteiger partial charge in [0, 0.05) is 6.04 Å². The van der Waals surface area contributed by atoms with Gasteiger partial charge in [0.05, 0.1) is 7.11 Å². The van der Waals surface area contributed by atoms with Gasteiger partial charge in [0.15, 0.2) is 0 Å². The van der Waals surface area contributed by atoms with Crippen molar-refractivity contribution in [2.45, 2.75) is 63.5 Å². The number of hydrogen-bond donors (Lipinski definition) is 1. The summed E-state index contributed by atoms with van der Waals surface area (Å²) in [7, 11) is 1.50. The zero-order valence-electron chi connectivity index (χ0n) is 12.1. The van der Waals surface area contributed by atoms with E-state index in [0.29, 0.717) is 12.0 Å². The van der Waals surface area contributed by atoms with Gasteiger partial charge in [-0.2, -0.15) is 0 Å². The van der Waals surface area contributed by atoms with Crippen LogP contribution in [0.4, 0.5) is 0 Å². The molecule has 0 aromatic rings. The first-order valence-corrected chi connectivity index (χ1v) is 7.81. The third-order valence-electron chi connectivity index (χ3n) is 4.87. The van der Waals surface area contributed by atoms with Crippen molar-refractivity contribution in [1.29, 1.82) is 0 Å². The minimum Gasteiger partial charge on any atom is -0.468 e. The fourth-order valence-corrected chi connectivity index (χ4v) is 3.82. The maximum Gasteiger partial charge on any atom is 0.323 e. The molecule has 19 heavy (non-hydrogen) atoms. The van der Waals surface area contributed by atoms with Crippen molar-refractivity contribution < 1.29 is 9.53 Å². The van der Waals surface area contributed by atoms with Crippen LogP contribution in [-0.4, -0.2) is 43.2 Å². The number of hydrogen-bond acceptors (Lipinski definition) is 4. The number of esters is 1. The van der Waals surface area contributed by atoms with Crippen molar-refractivity contribution in [3.05, 3.63) is 0 Å². The normalized spacial score (nSPS) is 33.7. The van der Waals surface area contributed by atoms with Crippen LogP contribution in [0.25, 0.3) is 0 Å². The molecule has 4 heteroatoms. The van der Waals surface area contributed by atoms with Crippen molar-refractivity contribution >= 4 is 5.97 Å². The van der Waals surface area contributed by atoms with E-state index >= 15 is 0 Å². The van der Waals surface area contributed by atoms with Gasteiger partial charge in [0.1, 0.15) is 6.04 Å². The Morgan fingerprint density at radius 2 is 1.89 bits per heavy atom. The molecule has 1 aliphatic carbocycles. The Kier molecular flexibility index (Phi) is 5.64. The van der Waals surface area contributed by atoms with Crippen LogP contribution in [0.3, 0.4) is 0 Å². The molecule has 1 saturated heterocycles. The van der Waals surface area contributed by atoms with Gasteiger partial charge in [0.2, 0.25) is 0 Å². The summed E-state index contributed by atoms with van der Waals surface area (Å²) in [5.74, 6) is 0.493. The lowest BCUT2D eigenvalue weighted by atomic mass is 9.89. The van der Waals surface area contributed by atoms with E-state index in [1.165, 1.54) is 45.6 Å². The summed E-state index contributed by atoms with van der Waals surface area (Å²) in [4.78, 5) is 14.4. The smallest absolute Gasteiger partial charge is 0.323 e. The second-order valence-electron chi connectivity index (χ2n) is 5.97. The number of likely N-dealkylation sites (tertiary alicyclic amines) is 1. The Hall–Kier alpha value is -0.610. The second kappa shape index (κ2) is 7.25. The van der Waals surface area contributed by atoms with Crippen LogP contribution in [0.5, 0.6) is 0 Å². The van der Waals surface area contributed by atoms with Gasteiger partial charge in [-0.1, -0.05) is 25.7 Å². The SMILES string of the molecule is COC(=O)C1CCCCN1C1CCCCCC1CN. The maximum absolute atomic E-state index is 12.0. The summed E-state index contributed by atoms with van der Waals surface area (Å²) < 4.78 is 5.00. The lowest BCUT2D eigenvalue weighted by molar-refractivity contribution is -0.150. The zero-order valence-corrected chi connectivity index (χ0v) is 12.1. The highest BCUT2D eigenvalue weighted by molar-refractivity contribution is 5.75. The second-order valence-corrected chi connectivity index (χ2v) is 5.97. The van der Waals surface area contributed by atoms with Crippen molar-refractivity contribution in [3.8, 4) is 0 Å². The number of piperidine rings is 1. The predicted octanol–water partition coefficient (Wildman–Crippen LogP) is 1.92. The largest absolute Gasteiger partial charge is 0.468 e. The van der Waals surface area contributed by atoms with E-state index in [9.17, 15) is 4.79 Å². The van der Waals surface area contributed by atoms with Gasteiger partial charge < -0.3 is 10.5 Å². The molecule has 1 aliphatic heterocycles. The van der Waals surface area contributed by atoms with E-state index in [0.717, 1.165) is 25.9 Å². The number of methoxy groups -OCH3 is 1. The third kappa shape index (κ3) is 3.48.